The van der Waals surface area contributed by atoms with Gasteiger partial charge in [-0.05, 0) is 63.6 Å². The third-order valence-corrected chi connectivity index (χ3v) is 6.70. The van der Waals surface area contributed by atoms with E-state index in [1.807, 2.05) is 26.0 Å². The predicted octanol–water partition coefficient (Wildman–Crippen LogP) is 2.74. The Morgan fingerprint density at radius 1 is 1.21 bits per heavy atom. The lowest BCUT2D eigenvalue weighted by molar-refractivity contribution is -0.167. The number of benzene rings is 1. The molecule has 1 spiro atoms. The summed E-state index contributed by atoms with van der Waals surface area (Å²) in [6.45, 7) is 4.30. The number of nitrogens with zero attached hydrogens (tertiary/aromatic N) is 2. The first-order chi connectivity index (χ1) is 13.8. The molecule has 2 saturated carbocycles. The lowest BCUT2D eigenvalue weighted by Crippen LogP contribution is -2.68. The van der Waals surface area contributed by atoms with Crippen molar-refractivity contribution in [3.8, 4) is 0 Å². The van der Waals surface area contributed by atoms with Gasteiger partial charge in [-0.3, -0.25) is 14.4 Å². The highest BCUT2D eigenvalue weighted by molar-refractivity contribution is 6.30. The molecule has 29 heavy (non-hydrogen) atoms. The Hall–Kier alpha value is -2.08. The van der Waals surface area contributed by atoms with E-state index in [1.165, 1.54) is 0 Å². The van der Waals surface area contributed by atoms with E-state index in [1.54, 1.807) is 21.9 Å². The zero-order valence-corrected chi connectivity index (χ0v) is 17.7. The molecule has 1 aromatic carbocycles. The topological polar surface area (TPSA) is 69.7 Å². The largest absolute Gasteiger partial charge is 0.353 e. The van der Waals surface area contributed by atoms with Crippen LogP contribution in [0.2, 0.25) is 5.02 Å². The maximum atomic E-state index is 13.6. The van der Waals surface area contributed by atoms with Crippen LogP contribution in [-0.4, -0.2) is 51.7 Å². The second-order valence-electron chi connectivity index (χ2n) is 8.89. The molecule has 4 rings (SSSR count). The van der Waals surface area contributed by atoms with Gasteiger partial charge >= 0.3 is 0 Å². The molecule has 2 atom stereocenters. The van der Waals surface area contributed by atoms with Crippen LogP contribution in [0.25, 0.3) is 0 Å². The average Bonchev–Trinajstić information content (AvgIpc) is 3.38. The summed E-state index contributed by atoms with van der Waals surface area (Å²) in [4.78, 5) is 42.8. The summed E-state index contributed by atoms with van der Waals surface area (Å²) >= 11 is 6.00. The van der Waals surface area contributed by atoms with Gasteiger partial charge in [0.15, 0.2) is 0 Å². The van der Waals surface area contributed by atoms with E-state index in [-0.39, 0.29) is 36.2 Å². The van der Waals surface area contributed by atoms with E-state index in [0.29, 0.717) is 36.9 Å². The van der Waals surface area contributed by atoms with Crippen molar-refractivity contribution < 1.29 is 14.4 Å². The summed E-state index contributed by atoms with van der Waals surface area (Å²) in [5, 5.41) is 3.70. The third kappa shape index (κ3) is 3.87. The highest BCUT2D eigenvalue weighted by Crippen LogP contribution is 2.44. The van der Waals surface area contributed by atoms with Crippen molar-refractivity contribution in [2.45, 2.75) is 70.1 Å². The minimum atomic E-state index is -0.940. The normalized spacial score (nSPS) is 27.2. The second kappa shape index (κ2) is 7.63. The molecule has 2 aliphatic carbocycles. The molecular formula is C22H28ClN3O3. The molecule has 6 nitrogen and oxygen atoms in total. The summed E-state index contributed by atoms with van der Waals surface area (Å²) in [7, 11) is 0. The quantitative estimate of drug-likeness (QED) is 0.800. The van der Waals surface area contributed by atoms with Crippen LogP contribution in [0.15, 0.2) is 24.3 Å². The van der Waals surface area contributed by atoms with Gasteiger partial charge in [0.2, 0.25) is 17.7 Å². The van der Waals surface area contributed by atoms with Gasteiger partial charge in [0, 0.05) is 29.6 Å². The number of rotatable bonds is 5. The Morgan fingerprint density at radius 2 is 1.90 bits per heavy atom. The molecule has 1 heterocycles. The molecule has 1 N–H and O–H groups in total. The van der Waals surface area contributed by atoms with Gasteiger partial charge in [0.1, 0.15) is 12.1 Å². The van der Waals surface area contributed by atoms with Gasteiger partial charge in [-0.2, -0.15) is 0 Å². The molecule has 1 unspecified atom stereocenters. The molecule has 1 saturated heterocycles. The highest BCUT2D eigenvalue weighted by atomic mass is 35.5. The second-order valence-corrected chi connectivity index (χ2v) is 9.32. The van der Waals surface area contributed by atoms with E-state index < -0.39 is 5.54 Å². The Balaban J connectivity index is 1.62. The Kier molecular flexibility index (Phi) is 5.32. The van der Waals surface area contributed by atoms with Crippen molar-refractivity contribution in [2.24, 2.45) is 5.92 Å². The summed E-state index contributed by atoms with van der Waals surface area (Å²) in [6, 6.07) is 7.59. The van der Waals surface area contributed by atoms with E-state index in [4.69, 9.17) is 11.6 Å². The highest BCUT2D eigenvalue weighted by Gasteiger charge is 2.57. The Labute approximate surface area is 176 Å². The van der Waals surface area contributed by atoms with Gasteiger partial charge in [-0.15, -0.1) is 0 Å². The standard InChI is InChI=1S/C22H28ClN3O3/c1-14(2)25-13-19(27)26(12-15-3-5-17(23)6-4-15)22(21(25)29)10-9-16(11-22)20(28)24-18-7-8-18/h3-6,14,16,18H,7-13H2,1-2H3,(H,24,28)/t16?,22-/m0/s1. The van der Waals surface area contributed by atoms with Crippen LogP contribution in [0, 0.1) is 5.92 Å². The molecule has 0 bridgehead atoms. The van der Waals surface area contributed by atoms with Crippen LogP contribution in [0.1, 0.15) is 51.5 Å². The molecule has 3 fully saturated rings. The first-order valence-corrected chi connectivity index (χ1v) is 10.8. The zero-order valence-electron chi connectivity index (χ0n) is 17.0. The number of hydrogen-bond acceptors (Lipinski definition) is 3. The van der Waals surface area contributed by atoms with Gasteiger partial charge in [-0.1, -0.05) is 23.7 Å². The number of nitrogens with one attached hydrogen (secondary N) is 1. The smallest absolute Gasteiger partial charge is 0.249 e. The number of piperazine rings is 1. The number of amides is 3. The van der Waals surface area contributed by atoms with Crippen molar-refractivity contribution >= 4 is 29.3 Å². The molecule has 0 radical (unpaired) electrons. The number of carbonyl (C=O) groups is 3. The molecule has 0 aromatic heterocycles. The van der Waals surface area contributed by atoms with Crippen LogP contribution in [0.3, 0.4) is 0 Å². The Bertz CT molecular complexity index is 821. The third-order valence-electron chi connectivity index (χ3n) is 6.44. The summed E-state index contributed by atoms with van der Waals surface area (Å²) in [5.41, 5.74) is -0.0102. The fraction of sp³-hybridized carbons (Fsp3) is 0.591. The summed E-state index contributed by atoms with van der Waals surface area (Å²) in [5.74, 6) is -0.288. The van der Waals surface area contributed by atoms with Gasteiger partial charge in [-0.25, -0.2) is 0 Å². The predicted molar refractivity (Wildman–Crippen MR) is 110 cm³/mol. The maximum Gasteiger partial charge on any atom is 0.249 e. The van der Waals surface area contributed by atoms with Gasteiger partial charge in [0.05, 0.1) is 0 Å². The molecule has 1 aliphatic heterocycles. The number of carbonyl (C=O) groups excluding carboxylic acids is 3. The van der Waals surface area contributed by atoms with Gasteiger partial charge in [0.25, 0.3) is 0 Å². The van der Waals surface area contributed by atoms with Crippen molar-refractivity contribution in [1.29, 1.82) is 0 Å². The molecule has 3 amide bonds. The van der Waals surface area contributed by atoms with Crippen LogP contribution < -0.4 is 5.32 Å². The molecule has 7 heteroatoms. The first-order valence-electron chi connectivity index (χ1n) is 10.5. The number of hydrogen-bond donors (Lipinski definition) is 1. The molecular weight excluding hydrogens is 390 g/mol. The van der Waals surface area contributed by atoms with E-state index in [2.05, 4.69) is 5.32 Å². The van der Waals surface area contributed by atoms with Crippen LogP contribution in [0.4, 0.5) is 0 Å². The van der Waals surface area contributed by atoms with Crippen LogP contribution in [-0.2, 0) is 20.9 Å². The fourth-order valence-corrected chi connectivity index (χ4v) is 4.71. The van der Waals surface area contributed by atoms with E-state index in [0.717, 1.165) is 18.4 Å². The minimum Gasteiger partial charge on any atom is -0.353 e. The van der Waals surface area contributed by atoms with Crippen molar-refractivity contribution in [2.75, 3.05) is 6.54 Å². The maximum absolute atomic E-state index is 13.6. The van der Waals surface area contributed by atoms with E-state index in [9.17, 15) is 14.4 Å². The summed E-state index contributed by atoms with van der Waals surface area (Å²) < 4.78 is 0. The summed E-state index contributed by atoms with van der Waals surface area (Å²) in [6.07, 6.45) is 3.61. The van der Waals surface area contributed by atoms with Crippen molar-refractivity contribution in [1.82, 2.24) is 15.1 Å². The van der Waals surface area contributed by atoms with E-state index >= 15 is 0 Å². The lowest BCUT2D eigenvalue weighted by Gasteiger charge is -2.49. The lowest BCUT2D eigenvalue weighted by atomic mass is 9.87. The number of halogens is 1. The molecule has 1 aromatic rings. The monoisotopic (exact) mass is 417 g/mol. The van der Waals surface area contributed by atoms with Crippen LogP contribution >= 0.6 is 11.6 Å². The first kappa shape index (κ1) is 20.2. The SMILES string of the molecule is CC(C)N1CC(=O)N(Cc2ccc(Cl)cc2)[C@]2(CCC(C(=O)NC3CC3)C2)C1=O. The minimum absolute atomic E-state index is 0.0252. The fourth-order valence-electron chi connectivity index (χ4n) is 4.59. The zero-order chi connectivity index (χ0) is 20.8. The van der Waals surface area contributed by atoms with Crippen LogP contribution in [0.5, 0.6) is 0 Å². The molecule has 156 valence electrons. The average molecular weight is 418 g/mol. The Morgan fingerprint density at radius 3 is 2.52 bits per heavy atom. The van der Waals surface area contributed by atoms with Crippen molar-refractivity contribution in [3.63, 3.8) is 0 Å². The van der Waals surface area contributed by atoms with Gasteiger partial charge < -0.3 is 15.1 Å². The molecule has 3 aliphatic rings. The van der Waals surface area contributed by atoms with Crippen molar-refractivity contribution in [3.05, 3.63) is 34.9 Å².